The van der Waals surface area contributed by atoms with E-state index in [0.717, 1.165) is 6.07 Å². The van der Waals surface area contributed by atoms with E-state index >= 15 is 0 Å². The molecule has 0 aliphatic carbocycles. The van der Waals surface area contributed by atoms with Gasteiger partial charge in [-0.25, -0.2) is 17.9 Å². The first-order valence-electron chi connectivity index (χ1n) is 4.96. The Morgan fingerprint density at radius 1 is 1.44 bits per heavy atom. The van der Waals surface area contributed by atoms with Crippen LogP contribution in [0, 0.1) is 0 Å². The van der Waals surface area contributed by atoms with Gasteiger partial charge in [0.2, 0.25) is 10.0 Å². The number of benzene rings is 1. The molecule has 6 nitrogen and oxygen atoms in total. The second-order valence-corrected chi connectivity index (χ2v) is 6.83. The maximum absolute atomic E-state index is 11.8. The van der Waals surface area contributed by atoms with Gasteiger partial charge in [0.25, 0.3) is 0 Å². The van der Waals surface area contributed by atoms with Gasteiger partial charge in [0, 0.05) is 29.4 Å². The molecule has 100 valence electrons. The van der Waals surface area contributed by atoms with Crippen LogP contribution < -0.4 is 4.72 Å². The highest BCUT2D eigenvalue weighted by atomic mass is 32.2. The third-order valence-corrected chi connectivity index (χ3v) is 4.31. The molecule has 2 N–H and O–H groups in total. The highest BCUT2D eigenvalue weighted by molar-refractivity contribution is 7.89. The summed E-state index contributed by atoms with van der Waals surface area (Å²) in [4.78, 5) is 10.6. The van der Waals surface area contributed by atoms with E-state index in [4.69, 9.17) is 5.11 Å². The summed E-state index contributed by atoms with van der Waals surface area (Å²) < 4.78 is 36.6. The zero-order chi connectivity index (χ0) is 13.8. The largest absolute Gasteiger partial charge is 0.478 e. The number of sulfonamides is 1. The van der Waals surface area contributed by atoms with Crippen molar-refractivity contribution in [1.29, 1.82) is 0 Å². The number of nitrogens with one attached hydrogen (secondary N) is 1. The molecule has 1 unspecified atom stereocenters. The summed E-state index contributed by atoms with van der Waals surface area (Å²) in [5.41, 5.74) is -0.100. The van der Waals surface area contributed by atoms with Crippen molar-refractivity contribution in [3.8, 4) is 0 Å². The van der Waals surface area contributed by atoms with Crippen LogP contribution >= 0.6 is 0 Å². The molecule has 0 fully saturated rings. The summed E-state index contributed by atoms with van der Waals surface area (Å²) in [5, 5.41) is 8.77. The van der Waals surface area contributed by atoms with Gasteiger partial charge in [-0.2, -0.15) is 0 Å². The van der Waals surface area contributed by atoms with Crippen LogP contribution in [0.15, 0.2) is 29.2 Å². The minimum absolute atomic E-state index is 0.0444. The number of aromatic carboxylic acids is 1. The van der Waals surface area contributed by atoms with E-state index in [2.05, 4.69) is 4.72 Å². The fourth-order valence-electron chi connectivity index (χ4n) is 1.20. The molecule has 0 aromatic heterocycles. The Hall–Kier alpha value is -1.25. The lowest BCUT2D eigenvalue weighted by Crippen LogP contribution is -2.27. The highest BCUT2D eigenvalue weighted by Crippen LogP contribution is 2.11. The topological polar surface area (TPSA) is 101 Å². The molecule has 0 saturated carbocycles. The lowest BCUT2D eigenvalue weighted by Gasteiger charge is -2.06. The van der Waals surface area contributed by atoms with Crippen LogP contribution in [0.3, 0.4) is 0 Å². The van der Waals surface area contributed by atoms with E-state index in [9.17, 15) is 17.4 Å². The summed E-state index contributed by atoms with van der Waals surface area (Å²) in [6, 6.07) is 5.05. The maximum Gasteiger partial charge on any atom is 0.335 e. The van der Waals surface area contributed by atoms with E-state index in [1.54, 1.807) is 0 Å². The fraction of sp³-hybridized carbons (Fsp3) is 0.300. The molecule has 0 radical (unpaired) electrons. The van der Waals surface area contributed by atoms with Gasteiger partial charge in [-0.15, -0.1) is 0 Å². The van der Waals surface area contributed by atoms with Crippen LogP contribution in [0.25, 0.3) is 0 Å². The monoisotopic (exact) mass is 291 g/mol. The van der Waals surface area contributed by atoms with Crippen molar-refractivity contribution in [3.63, 3.8) is 0 Å². The number of rotatable bonds is 6. The molecule has 0 spiro atoms. The van der Waals surface area contributed by atoms with Crippen LogP contribution in [0.1, 0.15) is 10.4 Å². The van der Waals surface area contributed by atoms with Gasteiger partial charge in [-0.3, -0.25) is 4.21 Å². The molecule has 1 rings (SSSR count). The summed E-state index contributed by atoms with van der Waals surface area (Å²) in [7, 11) is -4.85. The van der Waals surface area contributed by atoms with Gasteiger partial charge >= 0.3 is 5.97 Å². The summed E-state index contributed by atoms with van der Waals surface area (Å²) in [5.74, 6) is -0.987. The third-order valence-electron chi connectivity index (χ3n) is 2.07. The first kappa shape index (κ1) is 14.8. The van der Waals surface area contributed by atoms with Crippen LogP contribution in [0.5, 0.6) is 0 Å². The molecule has 1 atom stereocenters. The Morgan fingerprint density at radius 3 is 2.67 bits per heavy atom. The molecule has 0 aliphatic rings. The normalized spacial score (nSPS) is 13.2. The minimum Gasteiger partial charge on any atom is -0.478 e. The van der Waals surface area contributed by atoms with Crippen LogP contribution in [-0.2, 0) is 20.8 Å². The lowest BCUT2D eigenvalue weighted by atomic mass is 10.2. The Labute approximate surface area is 108 Å². The minimum atomic E-state index is -3.76. The Balaban J connectivity index is 2.88. The summed E-state index contributed by atoms with van der Waals surface area (Å²) in [6.07, 6.45) is 1.47. The lowest BCUT2D eigenvalue weighted by molar-refractivity contribution is 0.0696. The molecule has 18 heavy (non-hydrogen) atoms. The second-order valence-electron chi connectivity index (χ2n) is 3.51. The quantitative estimate of drug-likeness (QED) is 0.771. The average molecular weight is 291 g/mol. The number of carboxylic acids is 1. The maximum atomic E-state index is 11.8. The molecule has 1 aromatic carbocycles. The number of carboxylic acid groups (broad SMARTS) is 1. The van der Waals surface area contributed by atoms with Crippen molar-refractivity contribution in [2.24, 2.45) is 0 Å². The van der Waals surface area contributed by atoms with Gasteiger partial charge in [-0.05, 0) is 18.2 Å². The average Bonchev–Trinajstić information content (AvgIpc) is 2.28. The van der Waals surface area contributed by atoms with Gasteiger partial charge in [0.1, 0.15) is 0 Å². The molecule has 8 heteroatoms. The third kappa shape index (κ3) is 4.21. The van der Waals surface area contributed by atoms with Gasteiger partial charge in [0.15, 0.2) is 0 Å². The number of carbonyl (C=O) groups is 1. The Bertz CT molecular complexity index is 567. The van der Waals surface area contributed by atoms with Gasteiger partial charge in [-0.1, -0.05) is 6.07 Å². The molecule has 0 saturated heterocycles. The van der Waals surface area contributed by atoms with Gasteiger partial charge < -0.3 is 5.11 Å². The van der Waals surface area contributed by atoms with Crippen molar-refractivity contribution in [2.45, 2.75) is 4.90 Å². The summed E-state index contributed by atoms with van der Waals surface area (Å²) in [6.45, 7) is 0.0444. The molecule has 0 bridgehead atoms. The highest BCUT2D eigenvalue weighted by Gasteiger charge is 2.15. The zero-order valence-corrected chi connectivity index (χ0v) is 11.3. The zero-order valence-electron chi connectivity index (χ0n) is 9.62. The van der Waals surface area contributed by atoms with Crippen molar-refractivity contribution in [2.75, 3.05) is 18.6 Å². The van der Waals surface area contributed by atoms with E-state index in [-0.39, 0.29) is 22.8 Å². The predicted octanol–water partition coefficient (Wildman–Crippen LogP) is 0.0416. The molecule has 0 aliphatic heterocycles. The van der Waals surface area contributed by atoms with Crippen molar-refractivity contribution < 1.29 is 22.5 Å². The molecule has 0 amide bonds. The second kappa shape index (κ2) is 6.07. The smallest absolute Gasteiger partial charge is 0.335 e. The Kier molecular flexibility index (Phi) is 5.00. The van der Waals surface area contributed by atoms with Crippen molar-refractivity contribution in [3.05, 3.63) is 29.8 Å². The van der Waals surface area contributed by atoms with E-state index in [1.165, 1.54) is 24.5 Å². The first-order valence-corrected chi connectivity index (χ1v) is 8.17. The molecule has 0 heterocycles. The van der Waals surface area contributed by atoms with E-state index in [0.29, 0.717) is 0 Å². The summed E-state index contributed by atoms with van der Waals surface area (Å²) >= 11 is 0. The molecular formula is C10H13NO5S2. The number of hydrogen-bond donors (Lipinski definition) is 2. The van der Waals surface area contributed by atoms with Crippen molar-refractivity contribution >= 4 is 26.8 Å². The van der Waals surface area contributed by atoms with Crippen molar-refractivity contribution in [1.82, 2.24) is 4.72 Å². The van der Waals surface area contributed by atoms with Crippen LogP contribution in [0.2, 0.25) is 0 Å². The standard InChI is InChI=1S/C10H13NO5S2/c1-17(14)6-5-11-18(15,16)9-4-2-3-8(7-9)10(12)13/h2-4,7,11H,5-6H2,1H3,(H,12,13). The van der Waals surface area contributed by atoms with Crippen LogP contribution in [0.4, 0.5) is 0 Å². The van der Waals surface area contributed by atoms with Gasteiger partial charge in [0.05, 0.1) is 10.5 Å². The first-order chi connectivity index (χ1) is 8.33. The SMILES string of the molecule is CS(=O)CCNS(=O)(=O)c1cccc(C(=O)O)c1. The van der Waals surface area contributed by atoms with E-state index in [1.807, 2.05) is 0 Å². The number of hydrogen-bond acceptors (Lipinski definition) is 4. The molecule has 1 aromatic rings. The fourth-order valence-corrected chi connectivity index (χ4v) is 2.80. The predicted molar refractivity (Wildman–Crippen MR) is 67.5 cm³/mol. The molecular weight excluding hydrogens is 278 g/mol. The van der Waals surface area contributed by atoms with E-state index < -0.39 is 26.8 Å². The van der Waals surface area contributed by atoms with Crippen LogP contribution in [-0.4, -0.2) is 42.3 Å². The Morgan fingerprint density at radius 2 is 2.11 bits per heavy atom.